The van der Waals surface area contributed by atoms with Crippen molar-refractivity contribution in [2.24, 2.45) is 11.1 Å². The van der Waals surface area contributed by atoms with E-state index in [-0.39, 0.29) is 17.0 Å². The van der Waals surface area contributed by atoms with Gasteiger partial charge in [-0.2, -0.15) is 0 Å². The van der Waals surface area contributed by atoms with Gasteiger partial charge in [-0.25, -0.2) is 4.79 Å². The minimum Gasteiger partial charge on any atom is -0.352 e. The molecule has 2 atom stereocenters. The standard InChI is InChI=1S/C22H31IN4OS/c1-15-5-6-17(13-25-15)21(3,4)27-12-11-22(14-27,16(2)26-20(24)28)10-9-18-7-8-19(23)29-18/h5-8,13,16H,9-12,14H2,1-4H3,(H3,24,26,28)/t16-,22?/m1/s1. The highest BCUT2D eigenvalue weighted by atomic mass is 127. The Kier molecular flexibility index (Phi) is 6.90. The summed E-state index contributed by atoms with van der Waals surface area (Å²) in [6.07, 6.45) is 5.09. The van der Waals surface area contributed by atoms with Gasteiger partial charge in [0.25, 0.3) is 0 Å². The van der Waals surface area contributed by atoms with Crippen molar-refractivity contribution in [3.63, 3.8) is 0 Å². The van der Waals surface area contributed by atoms with Crippen LogP contribution in [0.15, 0.2) is 30.5 Å². The number of nitrogens with two attached hydrogens (primary N) is 1. The van der Waals surface area contributed by atoms with Gasteiger partial charge in [0.2, 0.25) is 0 Å². The summed E-state index contributed by atoms with van der Waals surface area (Å²) >= 11 is 4.23. The topological polar surface area (TPSA) is 71.2 Å². The highest BCUT2D eigenvalue weighted by Gasteiger charge is 2.46. The molecule has 158 valence electrons. The predicted octanol–water partition coefficient (Wildman–Crippen LogP) is 4.67. The molecule has 1 saturated heterocycles. The Bertz CT molecular complexity index is 851. The van der Waals surface area contributed by atoms with Crippen LogP contribution in [-0.4, -0.2) is 35.0 Å². The lowest BCUT2D eigenvalue weighted by Crippen LogP contribution is -2.50. The number of carbonyl (C=O) groups is 1. The molecule has 29 heavy (non-hydrogen) atoms. The number of nitrogens with one attached hydrogen (secondary N) is 1. The minimum absolute atomic E-state index is 0.000147. The van der Waals surface area contributed by atoms with Crippen LogP contribution in [0.3, 0.4) is 0 Å². The number of hydrogen-bond donors (Lipinski definition) is 2. The Morgan fingerprint density at radius 1 is 1.41 bits per heavy atom. The first-order valence-electron chi connectivity index (χ1n) is 10.1. The van der Waals surface area contributed by atoms with Gasteiger partial charge in [0, 0.05) is 40.3 Å². The smallest absolute Gasteiger partial charge is 0.312 e. The monoisotopic (exact) mass is 526 g/mol. The van der Waals surface area contributed by atoms with Crippen molar-refractivity contribution in [2.75, 3.05) is 13.1 Å². The van der Waals surface area contributed by atoms with Crippen molar-refractivity contribution in [3.05, 3.63) is 49.5 Å². The second kappa shape index (κ2) is 8.89. The van der Waals surface area contributed by atoms with Crippen LogP contribution in [0.2, 0.25) is 0 Å². The second-order valence-electron chi connectivity index (χ2n) is 8.72. The van der Waals surface area contributed by atoms with E-state index in [1.54, 1.807) is 0 Å². The number of likely N-dealkylation sites (tertiary alicyclic amines) is 1. The summed E-state index contributed by atoms with van der Waals surface area (Å²) in [7, 11) is 0. The van der Waals surface area contributed by atoms with Crippen molar-refractivity contribution in [3.8, 4) is 0 Å². The van der Waals surface area contributed by atoms with E-state index in [1.807, 2.05) is 24.5 Å². The largest absolute Gasteiger partial charge is 0.352 e. The molecule has 3 rings (SSSR count). The van der Waals surface area contributed by atoms with Crippen LogP contribution >= 0.6 is 33.9 Å². The lowest BCUT2D eigenvalue weighted by molar-refractivity contribution is 0.113. The third kappa shape index (κ3) is 5.11. The zero-order valence-electron chi connectivity index (χ0n) is 17.7. The van der Waals surface area contributed by atoms with Crippen LogP contribution in [0.25, 0.3) is 0 Å². The molecule has 5 nitrogen and oxygen atoms in total. The van der Waals surface area contributed by atoms with Gasteiger partial charge in [-0.1, -0.05) is 6.07 Å². The van der Waals surface area contributed by atoms with Crippen LogP contribution in [0.5, 0.6) is 0 Å². The quantitative estimate of drug-likeness (QED) is 0.515. The van der Waals surface area contributed by atoms with E-state index in [9.17, 15) is 4.79 Å². The third-order valence-electron chi connectivity index (χ3n) is 6.57. The van der Waals surface area contributed by atoms with E-state index in [0.717, 1.165) is 38.0 Å². The first kappa shape index (κ1) is 22.5. The maximum absolute atomic E-state index is 11.6. The summed E-state index contributed by atoms with van der Waals surface area (Å²) in [6.45, 7) is 10.6. The van der Waals surface area contributed by atoms with Crippen LogP contribution in [-0.2, 0) is 12.0 Å². The summed E-state index contributed by atoms with van der Waals surface area (Å²) in [6, 6.07) is 8.24. The summed E-state index contributed by atoms with van der Waals surface area (Å²) in [4.78, 5) is 20.1. The molecular formula is C22H31IN4OS. The maximum atomic E-state index is 11.6. The van der Waals surface area contributed by atoms with E-state index in [1.165, 1.54) is 13.3 Å². The maximum Gasteiger partial charge on any atom is 0.312 e. The number of urea groups is 1. The lowest BCUT2D eigenvalue weighted by atomic mass is 9.75. The minimum atomic E-state index is -0.442. The normalized spacial score (nSPS) is 21.3. The van der Waals surface area contributed by atoms with Gasteiger partial charge in [-0.15, -0.1) is 11.3 Å². The van der Waals surface area contributed by atoms with Gasteiger partial charge in [-0.3, -0.25) is 9.88 Å². The average molecular weight is 526 g/mol. The molecule has 1 aliphatic heterocycles. The van der Waals surface area contributed by atoms with Crippen molar-refractivity contribution in [2.45, 2.75) is 58.5 Å². The molecule has 0 aromatic carbocycles. The molecule has 2 aromatic heterocycles. The van der Waals surface area contributed by atoms with E-state index < -0.39 is 6.03 Å². The van der Waals surface area contributed by atoms with Crippen LogP contribution in [0, 0.1) is 15.2 Å². The molecule has 1 unspecified atom stereocenters. The van der Waals surface area contributed by atoms with Crippen molar-refractivity contribution in [1.82, 2.24) is 15.2 Å². The fourth-order valence-corrected chi connectivity index (χ4v) is 6.14. The van der Waals surface area contributed by atoms with E-state index in [0.29, 0.717) is 0 Å². The van der Waals surface area contributed by atoms with Crippen molar-refractivity contribution in [1.29, 1.82) is 0 Å². The predicted molar refractivity (Wildman–Crippen MR) is 128 cm³/mol. The number of nitrogens with zero attached hydrogens (tertiary/aromatic N) is 2. The number of carbonyl (C=O) groups excluding carboxylic acids is 1. The molecule has 3 N–H and O–H groups in total. The fourth-order valence-electron chi connectivity index (χ4n) is 4.38. The van der Waals surface area contributed by atoms with E-state index >= 15 is 0 Å². The Balaban J connectivity index is 1.81. The van der Waals surface area contributed by atoms with Crippen molar-refractivity contribution < 1.29 is 4.79 Å². The number of primary amides is 1. The highest BCUT2D eigenvalue weighted by molar-refractivity contribution is 14.1. The molecule has 0 aliphatic carbocycles. The fraction of sp³-hybridized carbons (Fsp3) is 0.545. The number of thiophene rings is 1. The molecule has 1 aliphatic rings. The second-order valence-corrected chi connectivity index (χ2v) is 11.8. The zero-order valence-corrected chi connectivity index (χ0v) is 20.6. The van der Waals surface area contributed by atoms with Crippen LogP contribution < -0.4 is 11.1 Å². The van der Waals surface area contributed by atoms with E-state index in [4.69, 9.17) is 5.73 Å². The molecule has 0 radical (unpaired) electrons. The summed E-state index contributed by atoms with van der Waals surface area (Å²) < 4.78 is 1.32. The van der Waals surface area contributed by atoms with Gasteiger partial charge in [0.1, 0.15) is 0 Å². The zero-order chi connectivity index (χ0) is 21.2. The summed E-state index contributed by atoms with van der Waals surface area (Å²) in [5.41, 5.74) is 7.62. The number of aryl methyl sites for hydroxylation is 2. The number of pyridine rings is 1. The van der Waals surface area contributed by atoms with Gasteiger partial charge in [-0.05, 0) is 99.9 Å². The van der Waals surface area contributed by atoms with Gasteiger partial charge in [0.05, 0.1) is 2.88 Å². The first-order valence-corrected chi connectivity index (χ1v) is 12.0. The van der Waals surface area contributed by atoms with Gasteiger partial charge >= 0.3 is 6.03 Å². The van der Waals surface area contributed by atoms with E-state index in [2.05, 4.69) is 82.8 Å². The van der Waals surface area contributed by atoms with Crippen LogP contribution in [0.1, 0.15) is 49.7 Å². The number of amides is 2. The number of hydrogen-bond acceptors (Lipinski definition) is 4. The first-order chi connectivity index (χ1) is 13.6. The third-order valence-corrected chi connectivity index (χ3v) is 8.52. The summed E-state index contributed by atoms with van der Waals surface area (Å²) in [5.74, 6) is 0. The Labute approximate surface area is 191 Å². The Morgan fingerprint density at radius 3 is 2.76 bits per heavy atom. The number of halogens is 1. The Morgan fingerprint density at radius 2 is 2.17 bits per heavy atom. The number of rotatable bonds is 7. The van der Waals surface area contributed by atoms with Crippen molar-refractivity contribution >= 4 is 40.0 Å². The van der Waals surface area contributed by atoms with Gasteiger partial charge < -0.3 is 11.1 Å². The van der Waals surface area contributed by atoms with Gasteiger partial charge in [0.15, 0.2) is 0 Å². The molecule has 2 aromatic rings. The average Bonchev–Trinajstić information content (AvgIpc) is 3.27. The molecule has 2 amide bonds. The molecule has 7 heteroatoms. The summed E-state index contributed by atoms with van der Waals surface area (Å²) in [5, 5.41) is 2.99. The Hall–Kier alpha value is -1.19. The molecular weight excluding hydrogens is 495 g/mol. The SMILES string of the molecule is Cc1ccc(C(C)(C)N2CCC(CCc3ccc(I)s3)([C@@H](C)NC(N)=O)C2)cn1. The molecule has 1 fully saturated rings. The molecule has 0 spiro atoms. The lowest BCUT2D eigenvalue weighted by Gasteiger charge is -2.40. The molecule has 0 saturated carbocycles. The number of aromatic nitrogens is 1. The van der Waals surface area contributed by atoms with Crippen LogP contribution in [0.4, 0.5) is 4.79 Å². The molecule has 0 bridgehead atoms. The highest BCUT2D eigenvalue weighted by Crippen LogP contribution is 2.44. The molecule has 3 heterocycles.